The molecule has 1 N–H and O–H groups in total. The van der Waals surface area contributed by atoms with Crippen molar-refractivity contribution in [1.29, 1.82) is 0 Å². The number of fused-ring (bicyclic) bond motifs is 1. The van der Waals surface area contributed by atoms with Crippen LogP contribution in [0.25, 0.3) is 11.0 Å². The molecule has 4 heteroatoms. The molecule has 0 unspecified atom stereocenters. The molecule has 0 fully saturated rings. The predicted octanol–water partition coefficient (Wildman–Crippen LogP) is 3.51. The Morgan fingerprint density at radius 1 is 1.09 bits per heavy atom. The van der Waals surface area contributed by atoms with Crippen molar-refractivity contribution in [2.75, 3.05) is 25.0 Å². The van der Waals surface area contributed by atoms with Crippen LogP contribution in [0.5, 0.6) is 0 Å². The number of anilines is 1. The fraction of sp³-hybridized carbons (Fsp3) is 0.222. The first-order valence-electron chi connectivity index (χ1n) is 7.54. The Bertz CT molecular complexity index is 713. The Balaban J connectivity index is 1.48. The van der Waals surface area contributed by atoms with Gasteiger partial charge in [-0.15, -0.1) is 0 Å². The van der Waals surface area contributed by atoms with Gasteiger partial charge in [0.2, 0.25) is 0 Å². The van der Waals surface area contributed by atoms with E-state index in [9.17, 15) is 0 Å². The van der Waals surface area contributed by atoms with Crippen LogP contribution >= 0.6 is 0 Å². The molecule has 0 aliphatic rings. The van der Waals surface area contributed by atoms with Crippen LogP contribution in [0.1, 0.15) is 12.2 Å². The van der Waals surface area contributed by atoms with Gasteiger partial charge in [0, 0.05) is 25.8 Å². The van der Waals surface area contributed by atoms with E-state index >= 15 is 0 Å². The van der Waals surface area contributed by atoms with Gasteiger partial charge in [-0.05, 0) is 30.7 Å². The molecule has 1 aromatic heterocycles. The van der Waals surface area contributed by atoms with Crippen molar-refractivity contribution in [3.63, 3.8) is 0 Å². The molecule has 2 aromatic carbocycles. The molecule has 0 saturated carbocycles. The van der Waals surface area contributed by atoms with Crippen LogP contribution in [0.2, 0.25) is 0 Å². The molecule has 3 rings (SSSR count). The van der Waals surface area contributed by atoms with Gasteiger partial charge >= 0.3 is 0 Å². The van der Waals surface area contributed by atoms with E-state index in [2.05, 4.69) is 51.2 Å². The van der Waals surface area contributed by atoms with E-state index in [1.807, 2.05) is 36.5 Å². The average molecular weight is 292 g/mol. The highest BCUT2D eigenvalue weighted by Gasteiger charge is 1.99. The largest absolute Gasteiger partial charge is 0.375 e. The van der Waals surface area contributed by atoms with E-state index in [4.69, 9.17) is 0 Å². The highest BCUT2D eigenvalue weighted by atomic mass is 15.1. The lowest BCUT2D eigenvalue weighted by atomic mass is 10.3. The number of H-pyrrole nitrogens is 1. The normalized spacial score (nSPS) is 11.3. The lowest BCUT2D eigenvalue weighted by Gasteiger charge is -2.18. The zero-order valence-corrected chi connectivity index (χ0v) is 12.7. The number of rotatable bonds is 6. The molecule has 0 bridgehead atoms. The quantitative estimate of drug-likeness (QED) is 0.558. The maximum absolute atomic E-state index is 4.48. The maximum Gasteiger partial charge on any atom is 0.149 e. The minimum Gasteiger partial charge on any atom is -0.375 e. The Hall–Kier alpha value is -2.62. The van der Waals surface area contributed by atoms with Gasteiger partial charge in [-0.2, -0.15) is 0 Å². The summed E-state index contributed by atoms with van der Waals surface area (Å²) in [5, 5.41) is 0. The summed E-state index contributed by atoms with van der Waals surface area (Å²) in [5.41, 5.74) is 3.27. The molecule has 22 heavy (non-hydrogen) atoms. The zero-order valence-electron chi connectivity index (χ0n) is 12.7. The zero-order chi connectivity index (χ0) is 15.2. The van der Waals surface area contributed by atoms with Crippen LogP contribution in [0, 0.1) is 0 Å². The third kappa shape index (κ3) is 3.52. The number of hydrogen-bond donors (Lipinski definition) is 1. The summed E-state index contributed by atoms with van der Waals surface area (Å²) in [6.45, 7) is 1.79. The number of aromatic nitrogens is 2. The Morgan fingerprint density at radius 2 is 1.86 bits per heavy atom. The Kier molecular flexibility index (Phi) is 4.49. The molecule has 0 spiro atoms. The van der Waals surface area contributed by atoms with Crippen molar-refractivity contribution >= 4 is 22.9 Å². The second-order valence-electron chi connectivity index (χ2n) is 5.29. The van der Waals surface area contributed by atoms with E-state index in [1.165, 1.54) is 5.69 Å². The van der Waals surface area contributed by atoms with Gasteiger partial charge in [0.05, 0.1) is 17.2 Å². The van der Waals surface area contributed by atoms with E-state index in [-0.39, 0.29) is 0 Å². The van der Waals surface area contributed by atoms with Crippen molar-refractivity contribution < 1.29 is 0 Å². The number of nitrogens with zero attached hydrogens (tertiary/aromatic N) is 3. The van der Waals surface area contributed by atoms with Crippen molar-refractivity contribution in [1.82, 2.24) is 9.97 Å². The number of hydrogen-bond acceptors (Lipinski definition) is 3. The highest BCUT2D eigenvalue weighted by molar-refractivity contribution is 5.83. The Labute approximate surface area is 130 Å². The second-order valence-corrected chi connectivity index (χ2v) is 5.29. The van der Waals surface area contributed by atoms with Crippen LogP contribution < -0.4 is 4.90 Å². The van der Waals surface area contributed by atoms with Crippen molar-refractivity contribution in [3.05, 3.63) is 60.4 Å². The van der Waals surface area contributed by atoms with Gasteiger partial charge in [-0.1, -0.05) is 30.3 Å². The molecule has 3 aromatic rings. The first kappa shape index (κ1) is 14.3. The predicted molar refractivity (Wildman–Crippen MR) is 92.9 cm³/mol. The van der Waals surface area contributed by atoms with Crippen LogP contribution in [0.15, 0.2) is 59.6 Å². The number of aliphatic imine (C=N–C) groups is 1. The minimum atomic E-state index is 0.800. The number of para-hydroxylation sites is 3. The molecule has 0 aliphatic heterocycles. The number of benzene rings is 2. The fourth-order valence-electron chi connectivity index (χ4n) is 2.40. The summed E-state index contributed by atoms with van der Waals surface area (Å²) >= 11 is 0. The van der Waals surface area contributed by atoms with Crippen LogP contribution in [-0.2, 0) is 0 Å². The summed E-state index contributed by atoms with van der Waals surface area (Å²) < 4.78 is 0. The van der Waals surface area contributed by atoms with Gasteiger partial charge in [-0.25, -0.2) is 4.98 Å². The molecule has 0 aliphatic carbocycles. The molecular weight excluding hydrogens is 272 g/mol. The first-order valence-corrected chi connectivity index (χ1v) is 7.54. The summed E-state index contributed by atoms with van der Waals surface area (Å²) in [4.78, 5) is 14.4. The molecule has 112 valence electrons. The van der Waals surface area contributed by atoms with Gasteiger partial charge in [0.15, 0.2) is 0 Å². The van der Waals surface area contributed by atoms with Crippen LogP contribution in [0.3, 0.4) is 0 Å². The standard InChI is InChI=1S/C18H20N4/c1-22(15-8-3-2-4-9-15)13-7-12-19-14-18-20-16-10-5-6-11-17(16)21-18/h2-6,8-11,14H,7,12-13H2,1H3,(H,20,21). The van der Waals surface area contributed by atoms with E-state index in [1.54, 1.807) is 0 Å². The summed E-state index contributed by atoms with van der Waals surface area (Å²) in [6.07, 6.45) is 2.84. The number of nitrogens with one attached hydrogen (secondary N) is 1. The van der Waals surface area contributed by atoms with E-state index in [0.29, 0.717) is 0 Å². The number of imidazole rings is 1. The molecule has 4 nitrogen and oxygen atoms in total. The lowest BCUT2D eigenvalue weighted by molar-refractivity contribution is 0.798. The third-order valence-electron chi connectivity index (χ3n) is 3.60. The molecule has 1 heterocycles. The van der Waals surface area contributed by atoms with Crippen LogP contribution in [-0.4, -0.2) is 36.3 Å². The van der Waals surface area contributed by atoms with Crippen molar-refractivity contribution in [2.24, 2.45) is 4.99 Å². The van der Waals surface area contributed by atoms with Gasteiger partial charge in [0.25, 0.3) is 0 Å². The fourth-order valence-corrected chi connectivity index (χ4v) is 2.40. The van der Waals surface area contributed by atoms with Gasteiger partial charge in [-0.3, -0.25) is 4.99 Å². The highest BCUT2D eigenvalue weighted by Crippen LogP contribution is 2.11. The lowest BCUT2D eigenvalue weighted by Crippen LogP contribution is -2.18. The smallest absolute Gasteiger partial charge is 0.149 e. The molecule has 0 saturated heterocycles. The molecule has 0 atom stereocenters. The summed E-state index contributed by atoms with van der Waals surface area (Å²) in [7, 11) is 2.11. The van der Waals surface area contributed by atoms with Crippen molar-refractivity contribution in [2.45, 2.75) is 6.42 Å². The van der Waals surface area contributed by atoms with Gasteiger partial charge in [0.1, 0.15) is 5.82 Å². The molecule has 0 amide bonds. The van der Waals surface area contributed by atoms with E-state index in [0.717, 1.165) is 36.4 Å². The van der Waals surface area contributed by atoms with Crippen LogP contribution in [0.4, 0.5) is 5.69 Å². The maximum atomic E-state index is 4.48. The van der Waals surface area contributed by atoms with Gasteiger partial charge < -0.3 is 9.88 Å². The van der Waals surface area contributed by atoms with Crippen molar-refractivity contribution in [3.8, 4) is 0 Å². The topological polar surface area (TPSA) is 44.3 Å². The third-order valence-corrected chi connectivity index (χ3v) is 3.60. The summed E-state index contributed by atoms with van der Waals surface area (Å²) in [6, 6.07) is 18.4. The minimum absolute atomic E-state index is 0.800. The first-order chi connectivity index (χ1) is 10.8. The van der Waals surface area contributed by atoms with E-state index < -0.39 is 0 Å². The summed E-state index contributed by atoms with van der Waals surface area (Å²) in [5.74, 6) is 0.817. The second kappa shape index (κ2) is 6.89. The average Bonchev–Trinajstić information content (AvgIpc) is 2.98. The Morgan fingerprint density at radius 3 is 2.68 bits per heavy atom. The SMILES string of the molecule is CN(CCCN=Cc1nc2ccccc2[nH]1)c1ccccc1. The monoisotopic (exact) mass is 292 g/mol. The molecular formula is C18H20N4. The number of aromatic amines is 1. The molecule has 0 radical (unpaired) electrons.